The van der Waals surface area contributed by atoms with E-state index in [9.17, 15) is 24.2 Å². The summed E-state index contributed by atoms with van der Waals surface area (Å²) in [6.07, 6.45) is 32.4. The molecule has 0 saturated carbocycles. The van der Waals surface area contributed by atoms with Crippen molar-refractivity contribution in [2.45, 2.75) is 129 Å². The highest BCUT2D eigenvalue weighted by atomic mass is 31.2. The second-order valence-electron chi connectivity index (χ2n) is 10.8. The molecule has 1 amide bonds. The molecule has 0 aromatic carbocycles. The molecule has 0 bridgehead atoms. The number of phosphoric ester groups is 1. The van der Waals surface area contributed by atoms with Crippen LogP contribution < -0.4 is 5.32 Å². The van der Waals surface area contributed by atoms with Crippen LogP contribution in [0.3, 0.4) is 0 Å². The lowest BCUT2D eigenvalue weighted by Gasteiger charge is -2.15. The van der Waals surface area contributed by atoms with Gasteiger partial charge in [-0.3, -0.25) is 18.6 Å². The van der Waals surface area contributed by atoms with Crippen molar-refractivity contribution in [1.82, 2.24) is 5.32 Å². The molecule has 0 aromatic heterocycles. The number of carbonyl (C=O) groups is 2. The minimum Gasteiger partial charge on any atom is -0.463 e. The molecule has 44 heavy (non-hydrogen) atoms. The van der Waals surface area contributed by atoms with Gasteiger partial charge in [0, 0.05) is 19.4 Å². The summed E-state index contributed by atoms with van der Waals surface area (Å²) >= 11 is 0. The number of nitrogens with one attached hydrogen (secondary N) is 1. The summed E-state index contributed by atoms with van der Waals surface area (Å²) in [4.78, 5) is 33.3. The third kappa shape index (κ3) is 31.4. The number of aliphatic hydroxyl groups is 1. The van der Waals surface area contributed by atoms with E-state index in [-0.39, 0.29) is 32.1 Å². The standard InChI is InChI=1S/C34H60NO8P/c1-3-5-7-9-10-11-12-13-14-15-16-17-18-19-20-21-22-23-25-27-34(38)41-30-32(36)31-43-44(39,40)42-29-28-35-33(37)26-24-8-6-4-2/h10-11,13-14,16-17,19-20,32,36H,3-9,12,15,18,21-31H2,1-2H3,(H,35,37)(H,39,40)/b11-10-,14-13-,17-16-,20-19-. The minimum atomic E-state index is -4.40. The Hall–Kier alpha value is -2.03. The minimum absolute atomic E-state index is 0.0737. The number of hydrogen-bond donors (Lipinski definition) is 3. The third-order valence-corrected chi connectivity index (χ3v) is 7.50. The van der Waals surface area contributed by atoms with Crippen LogP contribution in [0.2, 0.25) is 0 Å². The van der Waals surface area contributed by atoms with Gasteiger partial charge in [0.05, 0.1) is 13.2 Å². The predicted octanol–water partition coefficient (Wildman–Crippen LogP) is 8.04. The summed E-state index contributed by atoms with van der Waals surface area (Å²) in [6, 6.07) is 0. The van der Waals surface area contributed by atoms with Gasteiger partial charge in [-0.2, -0.15) is 0 Å². The average molecular weight is 642 g/mol. The van der Waals surface area contributed by atoms with Crippen molar-refractivity contribution in [1.29, 1.82) is 0 Å². The number of unbranched alkanes of at least 4 members (excludes halogenated alkanes) is 9. The topological polar surface area (TPSA) is 131 Å². The summed E-state index contributed by atoms with van der Waals surface area (Å²) in [5.74, 6) is -0.572. The van der Waals surface area contributed by atoms with Gasteiger partial charge in [0.1, 0.15) is 12.7 Å². The van der Waals surface area contributed by atoms with Gasteiger partial charge < -0.3 is 20.1 Å². The maximum Gasteiger partial charge on any atom is 0.472 e. The Labute approximate surface area is 266 Å². The molecule has 0 aliphatic rings. The summed E-state index contributed by atoms with van der Waals surface area (Å²) in [6.45, 7) is 3.32. The van der Waals surface area contributed by atoms with Crippen LogP contribution in [0.4, 0.5) is 0 Å². The first-order chi connectivity index (χ1) is 21.3. The molecule has 0 aromatic rings. The lowest BCUT2D eigenvalue weighted by Crippen LogP contribution is -2.27. The molecule has 0 saturated heterocycles. The number of allylic oxidation sites excluding steroid dienone is 8. The van der Waals surface area contributed by atoms with E-state index in [1.165, 1.54) is 25.7 Å². The van der Waals surface area contributed by atoms with E-state index in [1.54, 1.807) is 0 Å². The highest BCUT2D eigenvalue weighted by Crippen LogP contribution is 2.42. The fourth-order valence-corrected chi connectivity index (χ4v) is 4.71. The zero-order chi connectivity index (χ0) is 32.6. The zero-order valence-corrected chi connectivity index (χ0v) is 28.2. The van der Waals surface area contributed by atoms with E-state index < -0.39 is 26.5 Å². The van der Waals surface area contributed by atoms with Crippen molar-refractivity contribution < 1.29 is 37.9 Å². The van der Waals surface area contributed by atoms with Crippen LogP contribution in [0.25, 0.3) is 0 Å². The van der Waals surface area contributed by atoms with Crippen LogP contribution >= 0.6 is 7.82 Å². The number of carbonyl (C=O) groups excluding carboxylic acids is 2. The number of ether oxygens (including phenoxy) is 1. The van der Waals surface area contributed by atoms with Gasteiger partial charge in [-0.25, -0.2) is 4.57 Å². The molecule has 9 nitrogen and oxygen atoms in total. The molecule has 2 atom stereocenters. The molecule has 2 unspecified atom stereocenters. The third-order valence-electron chi connectivity index (χ3n) is 6.51. The van der Waals surface area contributed by atoms with E-state index in [2.05, 4.69) is 67.8 Å². The molecule has 10 heteroatoms. The molecule has 0 fully saturated rings. The van der Waals surface area contributed by atoms with Crippen LogP contribution in [0.5, 0.6) is 0 Å². The van der Waals surface area contributed by atoms with Crippen LogP contribution in [0.15, 0.2) is 48.6 Å². The molecule has 0 heterocycles. The Morgan fingerprint density at radius 2 is 1.23 bits per heavy atom. The smallest absolute Gasteiger partial charge is 0.463 e. The quantitative estimate of drug-likeness (QED) is 0.0311. The first-order valence-electron chi connectivity index (χ1n) is 16.6. The van der Waals surface area contributed by atoms with Crippen LogP contribution in [0, 0.1) is 0 Å². The number of aliphatic hydroxyl groups excluding tert-OH is 1. The van der Waals surface area contributed by atoms with Gasteiger partial charge in [0.15, 0.2) is 0 Å². The van der Waals surface area contributed by atoms with E-state index in [1.807, 2.05) is 0 Å². The Kier molecular flexibility index (Phi) is 29.5. The number of esters is 1. The average Bonchev–Trinajstić information content (AvgIpc) is 3.00. The maximum atomic E-state index is 11.9. The summed E-state index contributed by atoms with van der Waals surface area (Å²) in [5, 5.41) is 12.5. The molecule has 0 aliphatic heterocycles. The zero-order valence-electron chi connectivity index (χ0n) is 27.3. The second kappa shape index (κ2) is 31.0. The number of rotatable bonds is 30. The van der Waals surface area contributed by atoms with Crippen molar-refractivity contribution in [2.24, 2.45) is 0 Å². The van der Waals surface area contributed by atoms with Gasteiger partial charge in [-0.1, -0.05) is 101 Å². The summed E-state index contributed by atoms with van der Waals surface area (Å²) in [7, 11) is -4.40. The molecule has 3 N–H and O–H groups in total. The van der Waals surface area contributed by atoms with Crippen molar-refractivity contribution in [2.75, 3.05) is 26.4 Å². The molecular weight excluding hydrogens is 581 g/mol. The van der Waals surface area contributed by atoms with Crippen LogP contribution in [-0.4, -0.2) is 54.3 Å². The van der Waals surface area contributed by atoms with Gasteiger partial charge in [-0.05, 0) is 57.8 Å². The molecule has 0 aliphatic carbocycles. The van der Waals surface area contributed by atoms with E-state index in [4.69, 9.17) is 13.8 Å². The molecule has 0 rings (SSSR count). The number of phosphoric acid groups is 1. The Balaban J connectivity index is 3.71. The first kappa shape index (κ1) is 42.0. The number of hydrogen-bond acceptors (Lipinski definition) is 7. The fraction of sp³-hybridized carbons (Fsp3) is 0.706. The van der Waals surface area contributed by atoms with E-state index >= 15 is 0 Å². The fourth-order valence-electron chi connectivity index (χ4n) is 3.95. The molecule has 0 radical (unpaired) electrons. The van der Waals surface area contributed by atoms with E-state index in [0.29, 0.717) is 12.8 Å². The lowest BCUT2D eigenvalue weighted by molar-refractivity contribution is -0.147. The van der Waals surface area contributed by atoms with Crippen LogP contribution in [0.1, 0.15) is 123 Å². The highest BCUT2D eigenvalue weighted by Gasteiger charge is 2.23. The molecule has 0 spiro atoms. The SMILES string of the molecule is CCCCC/C=C\C/C=C\C/C=C\C/C=C\CCCCCC(=O)OCC(O)COP(=O)(O)OCCNC(=O)CCCCCC. The lowest BCUT2D eigenvalue weighted by atomic mass is 10.1. The van der Waals surface area contributed by atoms with Crippen molar-refractivity contribution in [3.63, 3.8) is 0 Å². The molecule has 254 valence electrons. The monoisotopic (exact) mass is 641 g/mol. The summed E-state index contributed by atoms with van der Waals surface area (Å²) in [5.41, 5.74) is 0. The van der Waals surface area contributed by atoms with Crippen LogP contribution in [-0.2, 0) is 27.9 Å². The predicted molar refractivity (Wildman–Crippen MR) is 178 cm³/mol. The largest absolute Gasteiger partial charge is 0.472 e. The van der Waals surface area contributed by atoms with E-state index in [0.717, 1.165) is 64.2 Å². The maximum absolute atomic E-state index is 11.9. The highest BCUT2D eigenvalue weighted by molar-refractivity contribution is 7.47. The van der Waals surface area contributed by atoms with Gasteiger partial charge in [0.2, 0.25) is 5.91 Å². The molecular formula is C34H60NO8P. The first-order valence-corrected chi connectivity index (χ1v) is 18.1. The Morgan fingerprint density at radius 1 is 0.705 bits per heavy atom. The van der Waals surface area contributed by atoms with Gasteiger partial charge >= 0.3 is 13.8 Å². The van der Waals surface area contributed by atoms with Crippen molar-refractivity contribution >= 4 is 19.7 Å². The van der Waals surface area contributed by atoms with Gasteiger partial charge in [-0.15, -0.1) is 0 Å². The summed E-state index contributed by atoms with van der Waals surface area (Å²) < 4.78 is 26.5. The van der Waals surface area contributed by atoms with Crippen molar-refractivity contribution in [3.05, 3.63) is 48.6 Å². The Bertz CT molecular complexity index is 871. The van der Waals surface area contributed by atoms with Gasteiger partial charge in [0.25, 0.3) is 0 Å². The second-order valence-corrected chi connectivity index (χ2v) is 12.2. The normalized spacial score (nSPS) is 14.2. The Morgan fingerprint density at radius 3 is 1.84 bits per heavy atom. The van der Waals surface area contributed by atoms with Crippen molar-refractivity contribution in [3.8, 4) is 0 Å². The number of amides is 1.